The zero-order valence-electron chi connectivity index (χ0n) is 14.4. The van der Waals surface area contributed by atoms with Crippen molar-refractivity contribution in [2.45, 2.75) is 31.8 Å². The van der Waals surface area contributed by atoms with E-state index in [-0.39, 0.29) is 5.56 Å². The van der Waals surface area contributed by atoms with E-state index in [9.17, 15) is 21.6 Å². The van der Waals surface area contributed by atoms with Gasteiger partial charge in [0.15, 0.2) is 0 Å². The molecule has 1 atom stereocenters. The lowest BCUT2D eigenvalue weighted by Crippen LogP contribution is -2.28. The van der Waals surface area contributed by atoms with Crippen LogP contribution in [0.5, 0.6) is 5.75 Å². The Morgan fingerprint density at radius 1 is 1.12 bits per heavy atom. The van der Waals surface area contributed by atoms with Gasteiger partial charge in [-0.05, 0) is 43.2 Å². The first-order valence-electron chi connectivity index (χ1n) is 7.99. The Morgan fingerprint density at radius 3 is 2.35 bits per heavy atom. The second kappa shape index (κ2) is 8.09. The minimum atomic E-state index is -4.51. The smallest absolute Gasteiger partial charge is 0.416 e. The molecule has 26 heavy (non-hydrogen) atoms. The fourth-order valence-corrected chi connectivity index (χ4v) is 3.83. The van der Waals surface area contributed by atoms with Crippen LogP contribution in [-0.4, -0.2) is 15.0 Å². The average molecular weight is 387 g/mol. The molecule has 0 spiro atoms. The summed E-state index contributed by atoms with van der Waals surface area (Å²) in [7, 11) is -3.81. The number of hydrogen-bond donors (Lipinski definition) is 1. The van der Waals surface area contributed by atoms with Gasteiger partial charge in [0.25, 0.3) is 0 Å². The van der Waals surface area contributed by atoms with Gasteiger partial charge in [-0.3, -0.25) is 0 Å². The van der Waals surface area contributed by atoms with Crippen LogP contribution in [0.2, 0.25) is 0 Å². The summed E-state index contributed by atoms with van der Waals surface area (Å²) in [6.45, 7) is 4.05. The molecule has 2 aromatic carbocycles. The number of hydrogen-bond acceptors (Lipinski definition) is 3. The van der Waals surface area contributed by atoms with E-state index in [4.69, 9.17) is 4.74 Å². The van der Waals surface area contributed by atoms with Crippen molar-refractivity contribution >= 4 is 10.0 Å². The first-order valence-corrected chi connectivity index (χ1v) is 9.65. The Labute approximate surface area is 151 Å². The highest BCUT2D eigenvalue weighted by molar-refractivity contribution is 7.88. The molecule has 1 unspecified atom stereocenters. The van der Waals surface area contributed by atoms with Gasteiger partial charge in [0.05, 0.1) is 17.9 Å². The molecule has 1 N–H and O–H groups in total. The van der Waals surface area contributed by atoms with Crippen molar-refractivity contribution in [3.8, 4) is 5.75 Å². The molecule has 0 aromatic heterocycles. The predicted octanol–water partition coefficient (Wildman–Crippen LogP) is 4.28. The third kappa shape index (κ3) is 5.74. The number of benzene rings is 2. The zero-order chi connectivity index (χ0) is 19.4. The summed E-state index contributed by atoms with van der Waals surface area (Å²) in [5, 5.41) is 0. The standard InChI is InChI=1S/C18H20F3NO3S/c1-3-25-17-9-7-15(8-10-17)13(2)22-26(23,24)12-14-5-4-6-16(11-14)18(19,20)21/h4-11,13,22H,3,12H2,1-2H3. The van der Waals surface area contributed by atoms with E-state index in [0.717, 1.165) is 17.7 Å². The molecular formula is C18H20F3NO3S. The SMILES string of the molecule is CCOc1ccc(C(C)NS(=O)(=O)Cc2cccc(C(F)(F)F)c2)cc1. The zero-order valence-corrected chi connectivity index (χ0v) is 15.2. The summed E-state index contributed by atoms with van der Waals surface area (Å²) in [4.78, 5) is 0. The molecule has 2 aromatic rings. The van der Waals surface area contributed by atoms with Gasteiger partial charge in [0.1, 0.15) is 5.75 Å². The maximum atomic E-state index is 12.7. The average Bonchev–Trinajstić information content (AvgIpc) is 2.54. The van der Waals surface area contributed by atoms with Crippen molar-refractivity contribution in [1.29, 1.82) is 0 Å². The van der Waals surface area contributed by atoms with Gasteiger partial charge in [-0.2, -0.15) is 13.2 Å². The Kier molecular flexibility index (Phi) is 6.30. The molecule has 0 bridgehead atoms. The Bertz CT molecular complexity index is 834. The van der Waals surface area contributed by atoms with Gasteiger partial charge in [0, 0.05) is 6.04 Å². The third-order valence-electron chi connectivity index (χ3n) is 3.66. The largest absolute Gasteiger partial charge is 0.494 e. The van der Waals surface area contributed by atoms with Gasteiger partial charge in [-0.1, -0.05) is 30.3 Å². The van der Waals surface area contributed by atoms with E-state index in [1.165, 1.54) is 12.1 Å². The molecule has 0 saturated carbocycles. The number of sulfonamides is 1. The quantitative estimate of drug-likeness (QED) is 0.771. The molecule has 4 nitrogen and oxygen atoms in total. The van der Waals surface area contributed by atoms with Gasteiger partial charge in [-0.15, -0.1) is 0 Å². The van der Waals surface area contributed by atoms with Crippen molar-refractivity contribution < 1.29 is 26.3 Å². The van der Waals surface area contributed by atoms with Crippen LogP contribution >= 0.6 is 0 Å². The highest BCUT2D eigenvalue weighted by atomic mass is 32.2. The topological polar surface area (TPSA) is 55.4 Å². The first-order chi connectivity index (χ1) is 12.1. The Balaban J connectivity index is 2.08. The lowest BCUT2D eigenvalue weighted by Gasteiger charge is -2.16. The van der Waals surface area contributed by atoms with E-state index in [0.29, 0.717) is 12.4 Å². The van der Waals surface area contributed by atoms with Crippen LogP contribution in [0.4, 0.5) is 13.2 Å². The van der Waals surface area contributed by atoms with E-state index >= 15 is 0 Å². The van der Waals surface area contributed by atoms with Gasteiger partial charge in [0.2, 0.25) is 10.0 Å². The van der Waals surface area contributed by atoms with E-state index in [1.807, 2.05) is 6.92 Å². The molecule has 0 aliphatic rings. The molecule has 0 saturated heterocycles. The highest BCUT2D eigenvalue weighted by Crippen LogP contribution is 2.30. The van der Waals surface area contributed by atoms with Crippen LogP contribution < -0.4 is 9.46 Å². The molecule has 142 valence electrons. The molecule has 0 heterocycles. The summed E-state index contributed by atoms with van der Waals surface area (Å²) < 4.78 is 70.6. The number of alkyl halides is 3. The molecule has 0 fully saturated rings. The maximum absolute atomic E-state index is 12.7. The van der Waals surface area contributed by atoms with E-state index in [1.54, 1.807) is 31.2 Å². The lowest BCUT2D eigenvalue weighted by molar-refractivity contribution is -0.137. The van der Waals surface area contributed by atoms with Crippen molar-refractivity contribution in [1.82, 2.24) is 4.72 Å². The van der Waals surface area contributed by atoms with Gasteiger partial charge >= 0.3 is 6.18 Å². The summed E-state index contributed by atoms with van der Waals surface area (Å²) in [5.41, 5.74) is -0.0722. The lowest BCUT2D eigenvalue weighted by atomic mass is 10.1. The van der Waals surface area contributed by atoms with E-state index < -0.39 is 33.6 Å². The normalized spacial score (nSPS) is 13.4. The van der Waals surface area contributed by atoms with Gasteiger partial charge < -0.3 is 4.74 Å². The Hall–Kier alpha value is -2.06. The molecule has 0 radical (unpaired) electrons. The molecule has 0 aliphatic carbocycles. The summed E-state index contributed by atoms with van der Waals surface area (Å²) >= 11 is 0. The maximum Gasteiger partial charge on any atom is 0.416 e. The third-order valence-corrected chi connectivity index (χ3v) is 5.08. The van der Waals surface area contributed by atoms with E-state index in [2.05, 4.69) is 4.72 Å². The fourth-order valence-electron chi connectivity index (χ4n) is 2.46. The predicted molar refractivity (Wildman–Crippen MR) is 93.2 cm³/mol. The molecule has 0 aliphatic heterocycles. The monoisotopic (exact) mass is 387 g/mol. The molecule has 0 amide bonds. The second-order valence-electron chi connectivity index (χ2n) is 5.80. The van der Waals surface area contributed by atoms with Crippen molar-refractivity contribution in [3.63, 3.8) is 0 Å². The van der Waals surface area contributed by atoms with Crippen molar-refractivity contribution in [3.05, 3.63) is 65.2 Å². The summed E-state index contributed by atoms with van der Waals surface area (Å²) in [6.07, 6.45) is -4.51. The molecular weight excluding hydrogens is 367 g/mol. The van der Waals surface area contributed by atoms with Crippen LogP contribution in [0.15, 0.2) is 48.5 Å². The van der Waals surface area contributed by atoms with Crippen LogP contribution in [0.25, 0.3) is 0 Å². The molecule has 2 rings (SSSR count). The summed E-state index contributed by atoms with van der Waals surface area (Å²) in [5.74, 6) is 0.147. The second-order valence-corrected chi connectivity index (χ2v) is 7.55. The van der Waals surface area contributed by atoms with Crippen LogP contribution in [0, 0.1) is 0 Å². The van der Waals surface area contributed by atoms with Crippen LogP contribution in [0.3, 0.4) is 0 Å². The number of rotatable bonds is 7. The van der Waals surface area contributed by atoms with Crippen molar-refractivity contribution in [2.24, 2.45) is 0 Å². The Morgan fingerprint density at radius 2 is 1.77 bits per heavy atom. The fraction of sp³-hybridized carbons (Fsp3) is 0.333. The number of nitrogens with one attached hydrogen (secondary N) is 1. The number of halogens is 3. The molecule has 8 heteroatoms. The first kappa shape index (κ1) is 20.3. The van der Waals surface area contributed by atoms with Crippen LogP contribution in [0.1, 0.15) is 36.6 Å². The van der Waals surface area contributed by atoms with Crippen molar-refractivity contribution in [2.75, 3.05) is 6.61 Å². The van der Waals surface area contributed by atoms with Gasteiger partial charge in [-0.25, -0.2) is 13.1 Å². The minimum Gasteiger partial charge on any atom is -0.494 e. The minimum absolute atomic E-state index is 0.0752. The van der Waals surface area contributed by atoms with Crippen LogP contribution in [-0.2, 0) is 22.0 Å². The highest BCUT2D eigenvalue weighted by Gasteiger charge is 2.30. The number of ether oxygens (including phenoxy) is 1. The summed E-state index contributed by atoms with van der Waals surface area (Å²) in [6, 6.07) is 10.7.